The molecular weight excluding hydrogens is 222 g/mol. The van der Waals surface area contributed by atoms with Crippen molar-refractivity contribution in [3.8, 4) is 0 Å². The molecule has 1 aromatic rings. The van der Waals surface area contributed by atoms with Gasteiger partial charge in [-0.2, -0.15) is 0 Å². The van der Waals surface area contributed by atoms with Crippen molar-refractivity contribution >= 4 is 12.0 Å². The van der Waals surface area contributed by atoms with E-state index >= 15 is 0 Å². The van der Waals surface area contributed by atoms with Gasteiger partial charge in [0.2, 0.25) is 5.91 Å². The lowest BCUT2D eigenvalue weighted by atomic mass is 10.1. The van der Waals surface area contributed by atoms with Crippen LogP contribution in [0, 0.1) is 6.92 Å². The maximum absolute atomic E-state index is 12.0. The average molecular weight is 245 g/mol. The lowest BCUT2D eigenvalue weighted by Crippen LogP contribution is -2.30. The van der Waals surface area contributed by atoms with Crippen LogP contribution in [0.2, 0.25) is 0 Å². The van der Waals surface area contributed by atoms with Gasteiger partial charge in [-0.25, -0.2) is 0 Å². The first kappa shape index (κ1) is 14.5. The number of hydrogen-bond donors (Lipinski definition) is 0. The molecule has 0 aliphatic carbocycles. The summed E-state index contributed by atoms with van der Waals surface area (Å²) in [7, 11) is 0. The van der Waals surface area contributed by atoms with Gasteiger partial charge >= 0.3 is 0 Å². The second-order valence-corrected chi connectivity index (χ2v) is 4.57. The molecule has 0 aliphatic heterocycles. The SMILES string of the molecule is CCCN(CCC)C(=O)/C=C/c1cccc(C)c1. The molecule has 0 unspecified atom stereocenters. The Morgan fingerprint density at radius 3 is 2.44 bits per heavy atom. The molecule has 0 radical (unpaired) electrons. The molecule has 1 amide bonds. The second kappa shape index (κ2) is 7.70. The van der Waals surface area contributed by atoms with Crippen molar-refractivity contribution < 1.29 is 4.79 Å². The largest absolute Gasteiger partial charge is 0.339 e. The van der Waals surface area contributed by atoms with Crippen LogP contribution in [0.3, 0.4) is 0 Å². The zero-order valence-corrected chi connectivity index (χ0v) is 11.6. The first-order valence-electron chi connectivity index (χ1n) is 6.71. The number of benzene rings is 1. The Morgan fingerprint density at radius 1 is 1.22 bits per heavy atom. The molecule has 0 saturated heterocycles. The Hall–Kier alpha value is -1.57. The van der Waals surface area contributed by atoms with Gasteiger partial charge in [-0.3, -0.25) is 4.79 Å². The minimum Gasteiger partial charge on any atom is -0.339 e. The number of aryl methyl sites for hydroxylation is 1. The highest BCUT2D eigenvalue weighted by Gasteiger charge is 2.07. The predicted molar refractivity (Wildman–Crippen MR) is 77.4 cm³/mol. The molecule has 2 nitrogen and oxygen atoms in total. The molecule has 0 aliphatic rings. The number of carbonyl (C=O) groups excluding carboxylic acids is 1. The zero-order valence-electron chi connectivity index (χ0n) is 11.6. The Morgan fingerprint density at radius 2 is 1.89 bits per heavy atom. The van der Waals surface area contributed by atoms with E-state index in [9.17, 15) is 4.79 Å². The van der Waals surface area contributed by atoms with Crippen molar-refractivity contribution in [1.29, 1.82) is 0 Å². The summed E-state index contributed by atoms with van der Waals surface area (Å²) < 4.78 is 0. The maximum Gasteiger partial charge on any atom is 0.246 e. The van der Waals surface area contributed by atoms with Crippen LogP contribution in [0.15, 0.2) is 30.3 Å². The van der Waals surface area contributed by atoms with Gasteiger partial charge in [0.25, 0.3) is 0 Å². The van der Waals surface area contributed by atoms with E-state index in [-0.39, 0.29) is 5.91 Å². The zero-order chi connectivity index (χ0) is 13.4. The topological polar surface area (TPSA) is 20.3 Å². The van der Waals surface area contributed by atoms with Gasteiger partial charge in [-0.05, 0) is 31.4 Å². The van der Waals surface area contributed by atoms with Crippen LogP contribution in [-0.4, -0.2) is 23.9 Å². The normalized spacial score (nSPS) is 10.8. The molecule has 0 aromatic heterocycles. The van der Waals surface area contributed by atoms with Crippen LogP contribution in [0.1, 0.15) is 37.8 Å². The molecular formula is C16H23NO. The molecule has 2 heteroatoms. The van der Waals surface area contributed by atoms with Crippen LogP contribution in [0.5, 0.6) is 0 Å². The molecule has 0 heterocycles. The van der Waals surface area contributed by atoms with E-state index in [0.717, 1.165) is 31.5 Å². The molecule has 0 bridgehead atoms. The second-order valence-electron chi connectivity index (χ2n) is 4.57. The van der Waals surface area contributed by atoms with Gasteiger partial charge < -0.3 is 4.90 Å². The summed E-state index contributed by atoms with van der Waals surface area (Å²) in [4.78, 5) is 13.9. The highest BCUT2D eigenvalue weighted by atomic mass is 16.2. The van der Waals surface area contributed by atoms with Crippen molar-refractivity contribution in [1.82, 2.24) is 4.90 Å². The highest BCUT2D eigenvalue weighted by molar-refractivity contribution is 5.91. The fourth-order valence-corrected chi connectivity index (χ4v) is 1.92. The molecule has 1 aromatic carbocycles. The molecule has 0 saturated carbocycles. The van der Waals surface area contributed by atoms with Gasteiger partial charge in [-0.15, -0.1) is 0 Å². The highest BCUT2D eigenvalue weighted by Crippen LogP contribution is 2.06. The lowest BCUT2D eigenvalue weighted by Gasteiger charge is -2.19. The third-order valence-corrected chi connectivity index (χ3v) is 2.76. The summed E-state index contributed by atoms with van der Waals surface area (Å²) in [5.41, 5.74) is 2.29. The van der Waals surface area contributed by atoms with E-state index < -0.39 is 0 Å². The minimum atomic E-state index is 0.111. The van der Waals surface area contributed by atoms with Crippen LogP contribution in [0.4, 0.5) is 0 Å². The van der Waals surface area contributed by atoms with E-state index in [1.807, 2.05) is 23.1 Å². The number of hydrogen-bond acceptors (Lipinski definition) is 1. The first-order valence-corrected chi connectivity index (χ1v) is 6.71. The predicted octanol–water partition coefficient (Wildman–Crippen LogP) is 3.66. The third kappa shape index (κ3) is 4.74. The molecule has 0 fully saturated rings. The lowest BCUT2D eigenvalue weighted by molar-refractivity contribution is -0.126. The van der Waals surface area contributed by atoms with Crippen LogP contribution in [0.25, 0.3) is 6.08 Å². The molecule has 18 heavy (non-hydrogen) atoms. The van der Waals surface area contributed by atoms with E-state index in [0.29, 0.717) is 0 Å². The molecule has 0 N–H and O–H groups in total. The summed E-state index contributed by atoms with van der Waals surface area (Å²) in [6, 6.07) is 8.16. The van der Waals surface area contributed by atoms with Crippen LogP contribution in [-0.2, 0) is 4.79 Å². The van der Waals surface area contributed by atoms with Gasteiger partial charge in [0, 0.05) is 19.2 Å². The number of carbonyl (C=O) groups is 1. The Kier molecular flexibility index (Phi) is 6.20. The number of nitrogens with zero attached hydrogens (tertiary/aromatic N) is 1. The molecule has 98 valence electrons. The van der Waals surface area contributed by atoms with Crippen molar-refractivity contribution in [2.45, 2.75) is 33.6 Å². The smallest absolute Gasteiger partial charge is 0.246 e. The Bertz CT molecular complexity index is 403. The van der Waals surface area contributed by atoms with Crippen LogP contribution < -0.4 is 0 Å². The minimum absolute atomic E-state index is 0.111. The van der Waals surface area contributed by atoms with E-state index in [1.54, 1.807) is 6.08 Å². The van der Waals surface area contributed by atoms with Crippen molar-refractivity contribution in [2.24, 2.45) is 0 Å². The maximum atomic E-state index is 12.0. The number of amides is 1. The number of rotatable bonds is 6. The van der Waals surface area contributed by atoms with Gasteiger partial charge in [0.15, 0.2) is 0 Å². The van der Waals surface area contributed by atoms with Gasteiger partial charge in [0.05, 0.1) is 0 Å². The van der Waals surface area contributed by atoms with Crippen molar-refractivity contribution in [3.05, 3.63) is 41.5 Å². The first-order chi connectivity index (χ1) is 8.67. The molecule has 0 spiro atoms. The third-order valence-electron chi connectivity index (χ3n) is 2.76. The average Bonchev–Trinajstić information content (AvgIpc) is 2.36. The summed E-state index contributed by atoms with van der Waals surface area (Å²) in [5.74, 6) is 0.111. The monoisotopic (exact) mass is 245 g/mol. The van der Waals surface area contributed by atoms with E-state index in [4.69, 9.17) is 0 Å². The van der Waals surface area contributed by atoms with Crippen molar-refractivity contribution in [3.63, 3.8) is 0 Å². The summed E-state index contributed by atoms with van der Waals surface area (Å²) in [6.45, 7) is 7.93. The molecule has 1 rings (SSSR count). The Labute approximate surface area is 110 Å². The Balaban J connectivity index is 2.67. The summed E-state index contributed by atoms with van der Waals surface area (Å²) in [6.07, 6.45) is 5.59. The summed E-state index contributed by atoms with van der Waals surface area (Å²) >= 11 is 0. The van der Waals surface area contributed by atoms with Crippen LogP contribution >= 0.6 is 0 Å². The van der Waals surface area contributed by atoms with Gasteiger partial charge in [-0.1, -0.05) is 43.7 Å². The fraction of sp³-hybridized carbons (Fsp3) is 0.438. The van der Waals surface area contributed by atoms with E-state index in [1.165, 1.54) is 5.56 Å². The fourth-order valence-electron chi connectivity index (χ4n) is 1.92. The summed E-state index contributed by atoms with van der Waals surface area (Å²) in [5, 5.41) is 0. The van der Waals surface area contributed by atoms with Crippen molar-refractivity contribution in [2.75, 3.05) is 13.1 Å². The quantitative estimate of drug-likeness (QED) is 0.700. The molecule has 0 atom stereocenters. The van der Waals surface area contributed by atoms with Gasteiger partial charge in [0.1, 0.15) is 0 Å². The standard InChI is InChI=1S/C16H23NO/c1-4-11-17(12-5-2)16(18)10-9-15-8-6-7-14(3)13-15/h6-10,13H,4-5,11-12H2,1-3H3/b10-9+. The van der Waals surface area contributed by atoms with E-state index in [2.05, 4.69) is 32.9 Å².